The van der Waals surface area contributed by atoms with E-state index in [0.717, 1.165) is 61.6 Å². The Balaban J connectivity index is 2.06. The van der Waals surface area contributed by atoms with E-state index in [0.29, 0.717) is 6.54 Å². The first-order valence-electron chi connectivity index (χ1n) is 11.6. The zero-order valence-electron chi connectivity index (χ0n) is 19.7. The van der Waals surface area contributed by atoms with Gasteiger partial charge in [-0.3, -0.25) is 4.90 Å². The van der Waals surface area contributed by atoms with E-state index in [4.69, 9.17) is 18.0 Å². The van der Waals surface area contributed by atoms with Crippen molar-refractivity contribution in [2.45, 2.75) is 46.1 Å². The van der Waals surface area contributed by atoms with Crippen molar-refractivity contribution in [3.63, 3.8) is 0 Å². The highest BCUT2D eigenvalue weighted by atomic mass is 15.4. The molecule has 1 unspecified atom stereocenters. The molecule has 5 nitrogen and oxygen atoms in total. The maximum absolute atomic E-state index is 6.43. The van der Waals surface area contributed by atoms with Crippen molar-refractivity contribution in [1.29, 1.82) is 0 Å². The number of nitrogens with one attached hydrogen (secondary N) is 1. The SMILES string of the molecule is C#C/C=C(\C=C/CC)NC1CCN(N)/C(=C(/C)N)c2ccc(C3=CCN(CC)CC3)cc21. The minimum Gasteiger partial charge on any atom is -0.401 e. The fourth-order valence-electron chi connectivity index (χ4n) is 4.48. The molecule has 0 saturated carbocycles. The summed E-state index contributed by atoms with van der Waals surface area (Å²) in [6.45, 7) is 10.1. The van der Waals surface area contributed by atoms with Gasteiger partial charge in [-0.2, -0.15) is 0 Å². The quantitative estimate of drug-likeness (QED) is 0.359. The molecule has 0 spiro atoms. The van der Waals surface area contributed by atoms with E-state index in [1.165, 1.54) is 16.7 Å². The summed E-state index contributed by atoms with van der Waals surface area (Å²) in [6.07, 6.45) is 16.8. The van der Waals surface area contributed by atoms with Gasteiger partial charge in [-0.25, -0.2) is 5.84 Å². The largest absolute Gasteiger partial charge is 0.401 e. The van der Waals surface area contributed by atoms with E-state index in [2.05, 4.69) is 66.4 Å². The van der Waals surface area contributed by atoms with E-state index >= 15 is 0 Å². The minimum atomic E-state index is 0.0743. The highest BCUT2D eigenvalue weighted by Crippen LogP contribution is 2.36. The Kier molecular flexibility index (Phi) is 8.21. The number of allylic oxidation sites excluding steroid dienone is 4. The predicted octanol–water partition coefficient (Wildman–Crippen LogP) is 4.14. The van der Waals surface area contributed by atoms with Gasteiger partial charge in [-0.1, -0.05) is 44.1 Å². The first-order valence-corrected chi connectivity index (χ1v) is 11.6. The summed E-state index contributed by atoms with van der Waals surface area (Å²) in [5, 5.41) is 5.45. The Bertz CT molecular complexity index is 972. The standard InChI is InChI=1S/C27H37N5/c1-5-8-10-23(9-6-2)30-26-15-18-32(29)27(20(4)28)24-12-11-22(19-25(24)26)21-13-16-31(7-3)17-14-21/h2,8-13,19,26,30H,5,7,14-18,28-29H2,1,3-4H3/b10-8-,23-9+,27-20-. The summed E-state index contributed by atoms with van der Waals surface area (Å²) >= 11 is 0. The third-order valence-electron chi connectivity index (χ3n) is 6.23. The number of nitrogens with two attached hydrogens (primary N) is 2. The van der Waals surface area contributed by atoms with Crippen LogP contribution in [-0.4, -0.2) is 36.1 Å². The smallest absolute Gasteiger partial charge is 0.0777 e. The molecular weight excluding hydrogens is 394 g/mol. The first kappa shape index (κ1) is 23.7. The molecule has 0 bridgehead atoms. The summed E-state index contributed by atoms with van der Waals surface area (Å²) in [5.74, 6) is 9.09. The van der Waals surface area contributed by atoms with Gasteiger partial charge in [0.05, 0.1) is 11.7 Å². The molecule has 0 amide bonds. The van der Waals surface area contributed by atoms with Gasteiger partial charge in [0, 0.05) is 42.7 Å². The summed E-state index contributed by atoms with van der Waals surface area (Å²) in [7, 11) is 0. The number of fused-ring (bicyclic) bond motifs is 1. The van der Waals surface area contributed by atoms with Gasteiger partial charge in [0.25, 0.3) is 0 Å². The van der Waals surface area contributed by atoms with Crippen LogP contribution in [0.3, 0.4) is 0 Å². The molecule has 2 aliphatic heterocycles. The highest BCUT2D eigenvalue weighted by Gasteiger charge is 2.26. The van der Waals surface area contributed by atoms with Crippen molar-refractivity contribution in [2.75, 3.05) is 26.2 Å². The van der Waals surface area contributed by atoms with Crippen LogP contribution in [0.1, 0.15) is 62.8 Å². The molecule has 1 atom stereocenters. The van der Waals surface area contributed by atoms with Gasteiger partial charge in [-0.05, 0) is 61.6 Å². The minimum absolute atomic E-state index is 0.0743. The fraction of sp³-hybridized carbons (Fsp3) is 0.407. The third-order valence-corrected chi connectivity index (χ3v) is 6.23. The van der Waals surface area contributed by atoms with E-state index in [1.807, 2.05) is 6.92 Å². The molecule has 0 fully saturated rings. The molecule has 2 heterocycles. The van der Waals surface area contributed by atoms with E-state index in [9.17, 15) is 0 Å². The first-order chi connectivity index (χ1) is 15.5. The van der Waals surface area contributed by atoms with Crippen LogP contribution in [0.4, 0.5) is 0 Å². The Morgan fingerprint density at radius 2 is 2.12 bits per heavy atom. The number of likely N-dealkylation sites (N-methyl/N-ethyl adjacent to an activating group) is 1. The Morgan fingerprint density at radius 1 is 1.31 bits per heavy atom. The lowest BCUT2D eigenvalue weighted by Crippen LogP contribution is -2.31. The molecule has 5 heteroatoms. The van der Waals surface area contributed by atoms with Crippen LogP contribution in [0.15, 0.2) is 53.9 Å². The van der Waals surface area contributed by atoms with Crippen LogP contribution in [0.5, 0.6) is 0 Å². The maximum atomic E-state index is 6.43. The second-order valence-electron chi connectivity index (χ2n) is 8.46. The average molecular weight is 432 g/mol. The topological polar surface area (TPSA) is 70.5 Å². The van der Waals surface area contributed by atoms with Gasteiger partial charge in [-0.15, -0.1) is 6.42 Å². The molecular formula is C27H37N5. The van der Waals surface area contributed by atoms with E-state index in [-0.39, 0.29) is 6.04 Å². The molecule has 3 rings (SSSR count). The molecule has 0 aromatic heterocycles. The maximum Gasteiger partial charge on any atom is 0.0777 e. The number of nitrogens with zero attached hydrogens (tertiary/aromatic N) is 2. The lowest BCUT2D eigenvalue weighted by atomic mass is 9.90. The predicted molar refractivity (Wildman–Crippen MR) is 136 cm³/mol. The Labute approximate surface area is 193 Å². The normalized spacial score (nSPS) is 21.6. The summed E-state index contributed by atoms with van der Waals surface area (Å²) in [6, 6.07) is 6.78. The lowest BCUT2D eigenvalue weighted by Gasteiger charge is -2.26. The molecule has 5 N–H and O–H groups in total. The molecule has 1 aromatic rings. The van der Waals surface area contributed by atoms with Gasteiger partial charge in [0.1, 0.15) is 0 Å². The van der Waals surface area contributed by atoms with Crippen molar-refractivity contribution in [3.05, 3.63) is 70.6 Å². The van der Waals surface area contributed by atoms with Gasteiger partial charge < -0.3 is 16.1 Å². The van der Waals surface area contributed by atoms with Gasteiger partial charge >= 0.3 is 0 Å². The second kappa shape index (κ2) is 11.1. The molecule has 0 radical (unpaired) electrons. The Morgan fingerprint density at radius 3 is 2.75 bits per heavy atom. The Hall–Kier alpha value is -2.94. The highest BCUT2D eigenvalue weighted by molar-refractivity contribution is 5.74. The van der Waals surface area contributed by atoms with Crippen LogP contribution >= 0.6 is 0 Å². The summed E-state index contributed by atoms with van der Waals surface area (Å²) in [5.41, 5.74) is 13.8. The number of terminal acetylenes is 1. The van der Waals surface area contributed by atoms with Crippen LogP contribution in [0.2, 0.25) is 0 Å². The number of hydrazine groups is 1. The van der Waals surface area contributed by atoms with Crippen molar-refractivity contribution in [1.82, 2.24) is 15.2 Å². The van der Waals surface area contributed by atoms with Gasteiger partial charge in [0.2, 0.25) is 0 Å². The third kappa shape index (κ3) is 5.45. The van der Waals surface area contributed by atoms with Crippen LogP contribution in [-0.2, 0) is 0 Å². The summed E-state index contributed by atoms with van der Waals surface area (Å²) < 4.78 is 0. The zero-order chi connectivity index (χ0) is 23.1. The molecule has 1 aromatic carbocycles. The molecule has 170 valence electrons. The molecule has 0 aliphatic carbocycles. The van der Waals surface area contributed by atoms with Crippen LogP contribution in [0.25, 0.3) is 11.3 Å². The van der Waals surface area contributed by atoms with E-state index in [1.54, 1.807) is 11.1 Å². The van der Waals surface area contributed by atoms with Gasteiger partial charge in [0.15, 0.2) is 0 Å². The number of hydrogen-bond acceptors (Lipinski definition) is 5. The second-order valence-corrected chi connectivity index (χ2v) is 8.46. The number of benzene rings is 1. The van der Waals surface area contributed by atoms with Crippen LogP contribution < -0.4 is 16.9 Å². The zero-order valence-corrected chi connectivity index (χ0v) is 19.7. The summed E-state index contributed by atoms with van der Waals surface area (Å²) in [4.78, 5) is 2.46. The number of hydrogen-bond donors (Lipinski definition) is 3. The average Bonchev–Trinajstić information content (AvgIpc) is 2.93. The van der Waals surface area contributed by atoms with Crippen LogP contribution in [0, 0.1) is 12.3 Å². The van der Waals surface area contributed by atoms with Crippen molar-refractivity contribution in [2.24, 2.45) is 11.6 Å². The number of rotatable bonds is 6. The molecule has 2 aliphatic rings. The fourth-order valence-corrected chi connectivity index (χ4v) is 4.48. The molecule has 0 saturated heterocycles. The van der Waals surface area contributed by atoms with E-state index < -0.39 is 0 Å². The molecule has 32 heavy (non-hydrogen) atoms. The lowest BCUT2D eigenvalue weighted by molar-refractivity contribution is 0.319. The van der Waals surface area contributed by atoms with Crippen molar-refractivity contribution >= 4 is 11.3 Å². The van der Waals surface area contributed by atoms with Crippen molar-refractivity contribution < 1.29 is 0 Å². The van der Waals surface area contributed by atoms with Crippen molar-refractivity contribution in [3.8, 4) is 12.3 Å². The monoisotopic (exact) mass is 431 g/mol.